The Morgan fingerprint density at radius 1 is 1.65 bits per heavy atom. The van der Waals surface area contributed by atoms with E-state index in [0.717, 1.165) is 4.88 Å². The van der Waals surface area contributed by atoms with Gasteiger partial charge in [0.2, 0.25) is 0 Å². The Labute approximate surface area is 119 Å². The van der Waals surface area contributed by atoms with Gasteiger partial charge in [0.15, 0.2) is 0 Å². The fourth-order valence-electron chi connectivity index (χ4n) is 1.75. The van der Waals surface area contributed by atoms with Crippen LogP contribution in [0.15, 0.2) is 22.5 Å². The molecule has 8 heteroatoms. The van der Waals surface area contributed by atoms with Gasteiger partial charge in [0.1, 0.15) is 17.5 Å². The summed E-state index contributed by atoms with van der Waals surface area (Å²) in [5, 5.41) is 15.8. The number of hydrogen-bond donors (Lipinski definition) is 3. The second-order valence-corrected chi connectivity index (χ2v) is 5.40. The molecule has 2 aromatic rings. The van der Waals surface area contributed by atoms with Crippen LogP contribution in [0, 0.1) is 0 Å². The molecule has 1 amide bonds. The van der Waals surface area contributed by atoms with Crippen LogP contribution in [0.25, 0.3) is 0 Å². The van der Waals surface area contributed by atoms with Crippen LogP contribution in [-0.2, 0) is 6.42 Å². The summed E-state index contributed by atoms with van der Waals surface area (Å²) >= 11 is 1.47. The molecule has 0 saturated carbocycles. The number of carbonyl (C=O) groups is 1. The standard InChI is InChI=1S/C12H16N4O3S/c1-7(13)11-10(5-19-16-11)12(18)15-8(4-17)2-9-3-14-6-20-9/h3,5-8,17H,2,4,13H2,1H3,(H,15,18). The zero-order valence-electron chi connectivity index (χ0n) is 10.9. The summed E-state index contributed by atoms with van der Waals surface area (Å²) in [6, 6.07) is -0.789. The van der Waals surface area contributed by atoms with E-state index in [-0.39, 0.29) is 12.5 Å². The van der Waals surface area contributed by atoms with E-state index in [2.05, 4.69) is 15.5 Å². The van der Waals surface area contributed by atoms with Gasteiger partial charge in [0.05, 0.1) is 18.2 Å². The van der Waals surface area contributed by atoms with Crippen LogP contribution < -0.4 is 11.1 Å². The van der Waals surface area contributed by atoms with Crippen molar-refractivity contribution in [3.63, 3.8) is 0 Å². The monoisotopic (exact) mass is 296 g/mol. The number of amides is 1. The second kappa shape index (κ2) is 6.60. The van der Waals surface area contributed by atoms with E-state index >= 15 is 0 Å². The molecule has 0 aliphatic carbocycles. The van der Waals surface area contributed by atoms with Crippen molar-refractivity contribution in [1.82, 2.24) is 15.5 Å². The molecular formula is C12H16N4O3S. The average Bonchev–Trinajstić information content (AvgIpc) is 3.08. The number of nitrogens with one attached hydrogen (secondary N) is 1. The van der Waals surface area contributed by atoms with Crippen LogP contribution in [0.5, 0.6) is 0 Å². The highest BCUT2D eigenvalue weighted by atomic mass is 32.1. The molecule has 7 nitrogen and oxygen atoms in total. The van der Waals surface area contributed by atoms with Crippen molar-refractivity contribution in [2.24, 2.45) is 5.73 Å². The number of thiazole rings is 1. The average molecular weight is 296 g/mol. The third-order valence-electron chi connectivity index (χ3n) is 2.76. The lowest BCUT2D eigenvalue weighted by atomic mass is 10.1. The van der Waals surface area contributed by atoms with Crippen molar-refractivity contribution < 1.29 is 14.4 Å². The van der Waals surface area contributed by atoms with Crippen LogP contribution in [0.4, 0.5) is 0 Å². The predicted octanol–water partition coefficient (Wildman–Crippen LogP) is 0.484. The lowest BCUT2D eigenvalue weighted by molar-refractivity contribution is 0.0915. The maximum Gasteiger partial charge on any atom is 0.256 e. The van der Waals surface area contributed by atoms with E-state index in [9.17, 15) is 9.90 Å². The van der Waals surface area contributed by atoms with Crippen molar-refractivity contribution >= 4 is 17.2 Å². The molecule has 0 aliphatic heterocycles. The Kier molecular flexibility index (Phi) is 4.83. The minimum atomic E-state index is -0.399. The number of rotatable bonds is 6. The Morgan fingerprint density at radius 2 is 2.45 bits per heavy atom. The van der Waals surface area contributed by atoms with Crippen LogP contribution in [0.1, 0.15) is 33.9 Å². The van der Waals surface area contributed by atoms with E-state index in [1.165, 1.54) is 17.6 Å². The summed E-state index contributed by atoms with van der Waals surface area (Å²) in [5.74, 6) is -0.359. The van der Waals surface area contributed by atoms with Crippen LogP contribution in [0.3, 0.4) is 0 Å². The van der Waals surface area contributed by atoms with Gasteiger partial charge in [0, 0.05) is 23.5 Å². The first-order valence-electron chi connectivity index (χ1n) is 6.10. The van der Waals surface area contributed by atoms with Crippen molar-refractivity contribution in [2.75, 3.05) is 6.61 Å². The number of hydrogen-bond acceptors (Lipinski definition) is 7. The first kappa shape index (κ1) is 14.6. The van der Waals surface area contributed by atoms with Gasteiger partial charge in [-0.25, -0.2) is 0 Å². The summed E-state index contributed by atoms with van der Waals surface area (Å²) in [6.45, 7) is 1.55. The van der Waals surface area contributed by atoms with Gasteiger partial charge in [-0.2, -0.15) is 0 Å². The van der Waals surface area contributed by atoms with Crippen molar-refractivity contribution in [2.45, 2.75) is 25.4 Å². The number of carbonyl (C=O) groups excluding carboxylic acids is 1. The fourth-order valence-corrected chi connectivity index (χ4v) is 2.43. The molecule has 0 bridgehead atoms. The number of nitrogens with two attached hydrogens (primary N) is 1. The Bertz CT molecular complexity index is 553. The van der Waals surface area contributed by atoms with Crippen molar-refractivity contribution in [3.05, 3.63) is 34.1 Å². The molecule has 108 valence electrons. The molecule has 2 unspecified atom stereocenters. The molecule has 2 aromatic heterocycles. The van der Waals surface area contributed by atoms with Crippen LogP contribution in [0.2, 0.25) is 0 Å². The highest BCUT2D eigenvalue weighted by molar-refractivity contribution is 7.09. The Morgan fingerprint density at radius 3 is 3.05 bits per heavy atom. The molecule has 2 rings (SSSR count). The second-order valence-electron chi connectivity index (χ2n) is 4.43. The molecular weight excluding hydrogens is 280 g/mol. The van der Waals surface area contributed by atoms with E-state index in [1.807, 2.05) is 0 Å². The molecule has 0 aromatic carbocycles. The molecule has 0 radical (unpaired) electrons. The lowest BCUT2D eigenvalue weighted by Gasteiger charge is -2.15. The van der Waals surface area contributed by atoms with Gasteiger partial charge in [-0.15, -0.1) is 11.3 Å². The summed E-state index contributed by atoms with van der Waals surface area (Å²) in [4.78, 5) is 17.1. The summed E-state index contributed by atoms with van der Waals surface area (Å²) in [7, 11) is 0. The van der Waals surface area contributed by atoms with Gasteiger partial charge in [-0.3, -0.25) is 9.78 Å². The smallest absolute Gasteiger partial charge is 0.256 e. The first-order valence-corrected chi connectivity index (χ1v) is 6.98. The minimum absolute atomic E-state index is 0.164. The van der Waals surface area contributed by atoms with Crippen LogP contribution >= 0.6 is 11.3 Å². The molecule has 4 N–H and O–H groups in total. The number of aromatic nitrogens is 2. The number of nitrogens with zero attached hydrogens (tertiary/aromatic N) is 2. The number of aliphatic hydroxyl groups is 1. The summed E-state index contributed by atoms with van der Waals surface area (Å²) < 4.78 is 4.79. The lowest BCUT2D eigenvalue weighted by Crippen LogP contribution is -2.39. The van der Waals surface area contributed by atoms with Gasteiger partial charge >= 0.3 is 0 Å². The molecule has 0 aliphatic rings. The van der Waals surface area contributed by atoms with Gasteiger partial charge in [-0.1, -0.05) is 5.16 Å². The third kappa shape index (κ3) is 3.41. The Hall–Kier alpha value is -1.77. The first-order chi connectivity index (χ1) is 9.61. The SMILES string of the molecule is CC(N)c1nocc1C(=O)NC(CO)Cc1cncs1. The summed E-state index contributed by atoms with van der Waals surface area (Å²) in [5.41, 5.74) is 8.11. The van der Waals surface area contributed by atoms with E-state index in [4.69, 9.17) is 10.3 Å². The Balaban J connectivity index is 2.03. The maximum atomic E-state index is 12.1. The van der Waals surface area contributed by atoms with E-state index in [0.29, 0.717) is 17.7 Å². The zero-order chi connectivity index (χ0) is 14.5. The van der Waals surface area contributed by atoms with Gasteiger partial charge in [0.25, 0.3) is 5.91 Å². The van der Waals surface area contributed by atoms with Crippen molar-refractivity contribution in [3.8, 4) is 0 Å². The minimum Gasteiger partial charge on any atom is -0.394 e. The highest BCUT2D eigenvalue weighted by Gasteiger charge is 2.21. The molecule has 0 fully saturated rings. The molecule has 20 heavy (non-hydrogen) atoms. The quantitative estimate of drug-likeness (QED) is 0.714. The number of aliphatic hydroxyl groups excluding tert-OH is 1. The largest absolute Gasteiger partial charge is 0.394 e. The van der Waals surface area contributed by atoms with E-state index < -0.39 is 12.1 Å². The predicted molar refractivity (Wildman–Crippen MR) is 73.3 cm³/mol. The normalized spacial score (nSPS) is 13.9. The topological polar surface area (TPSA) is 114 Å². The fraction of sp³-hybridized carbons (Fsp3) is 0.417. The molecule has 2 atom stereocenters. The third-order valence-corrected chi connectivity index (χ3v) is 3.56. The van der Waals surface area contributed by atoms with Gasteiger partial charge in [-0.05, 0) is 6.92 Å². The van der Waals surface area contributed by atoms with E-state index in [1.54, 1.807) is 18.6 Å². The highest BCUT2D eigenvalue weighted by Crippen LogP contribution is 2.14. The van der Waals surface area contributed by atoms with Gasteiger partial charge < -0.3 is 20.7 Å². The molecule has 0 saturated heterocycles. The zero-order valence-corrected chi connectivity index (χ0v) is 11.8. The van der Waals surface area contributed by atoms with Crippen LogP contribution in [-0.4, -0.2) is 33.8 Å². The summed E-state index contributed by atoms with van der Waals surface area (Å²) in [6.07, 6.45) is 3.49. The van der Waals surface area contributed by atoms with Crippen molar-refractivity contribution in [1.29, 1.82) is 0 Å². The maximum absolute atomic E-state index is 12.1. The molecule has 2 heterocycles. The molecule has 0 spiro atoms.